The number of nitrogens with one attached hydrogen (secondary N) is 4. The van der Waals surface area contributed by atoms with Gasteiger partial charge in [0.15, 0.2) is 23.3 Å². The Bertz CT molecular complexity index is 4140. The van der Waals surface area contributed by atoms with E-state index in [4.69, 9.17) is 26.3 Å². The molecule has 6 heterocycles. The average Bonchev–Trinajstić information content (AvgIpc) is 4.01. The summed E-state index contributed by atoms with van der Waals surface area (Å²) in [6, 6.07) is 14.6. The van der Waals surface area contributed by atoms with Gasteiger partial charge in [0.05, 0.1) is 26.7 Å². The van der Waals surface area contributed by atoms with Gasteiger partial charge in [-0.25, -0.2) is 43.0 Å². The van der Waals surface area contributed by atoms with Crippen molar-refractivity contribution < 1.29 is 52.1 Å². The minimum absolute atomic E-state index is 0.000360. The van der Waals surface area contributed by atoms with E-state index in [9.17, 15) is 47.3 Å². The maximum absolute atomic E-state index is 13.8. The second kappa shape index (κ2) is 16.0. The third kappa shape index (κ3) is 8.19. The smallest absolute Gasteiger partial charge is 0.322 e. The predicted molar refractivity (Wildman–Crippen MR) is 241 cm³/mol. The molecule has 0 atom stereocenters. The Labute approximate surface area is 386 Å². The Morgan fingerprint density at radius 3 is 1.41 bits per heavy atom. The molecule has 0 radical (unpaired) electrons. The minimum atomic E-state index is -4.77. The van der Waals surface area contributed by atoms with Crippen molar-refractivity contribution in [2.24, 2.45) is 0 Å². The summed E-state index contributed by atoms with van der Waals surface area (Å²) in [5.74, 6) is -0.411. The van der Waals surface area contributed by atoms with Crippen LogP contribution in [0.3, 0.4) is 0 Å². The Kier molecular flexibility index (Phi) is 10.5. The highest BCUT2D eigenvalue weighted by Gasteiger charge is 2.27. The molecule has 8 aromatic rings. The third-order valence-electron chi connectivity index (χ3n) is 10.4. The lowest BCUT2D eigenvalue weighted by atomic mass is 10.1. The van der Waals surface area contributed by atoms with E-state index in [2.05, 4.69) is 54.9 Å². The van der Waals surface area contributed by atoms with E-state index < -0.39 is 55.1 Å². The number of rotatable bonds is 10. The van der Waals surface area contributed by atoms with Gasteiger partial charge in [0, 0.05) is 56.9 Å². The van der Waals surface area contributed by atoms with Crippen LogP contribution in [-0.2, 0) is 40.4 Å². The van der Waals surface area contributed by atoms with Crippen LogP contribution in [0.15, 0.2) is 92.4 Å². The normalized spacial score (nSPS) is 12.8. The van der Waals surface area contributed by atoms with E-state index in [-0.39, 0.29) is 125 Å². The van der Waals surface area contributed by atoms with E-state index in [0.29, 0.717) is 0 Å². The monoisotopic (exact) mass is 1020 g/mol. The number of hydrogen-bond donors (Lipinski definition) is 7. The van der Waals surface area contributed by atoms with Gasteiger partial charge in [-0.15, -0.1) is 0 Å². The zero-order valence-electron chi connectivity index (χ0n) is 33.9. The maximum atomic E-state index is 13.8. The van der Waals surface area contributed by atoms with Crippen LogP contribution in [-0.4, -0.2) is 122 Å². The van der Waals surface area contributed by atoms with Crippen LogP contribution in [0.2, 0.25) is 5.28 Å². The average molecular weight is 1020 g/mol. The number of benzene rings is 4. The molecule has 0 saturated carbocycles. The molecule has 25 nitrogen and oxygen atoms in total. The van der Waals surface area contributed by atoms with Gasteiger partial charge in [-0.3, -0.25) is 13.7 Å². The molecule has 0 unspecified atom stereocenters. The highest BCUT2D eigenvalue weighted by molar-refractivity contribution is 7.89. The number of aromatic nitrogens is 11. The van der Waals surface area contributed by atoms with Gasteiger partial charge in [0.25, 0.3) is 30.4 Å². The van der Waals surface area contributed by atoms with Gasteiger partial charge in [-0.1, -0.05) is 0 Å². The van der Waals surface area contributed by atoms with Crippen molar-refractivity contribution in [1.29, 1.82) is 0 Å². The van der Waals surface area contributed by atoms with Gasteiger partial charge in [0.2, 0.25) is 21.3 Å². The molecule has 4 aromatic heterocycles. The minimum Gasteiger partial charge on any atom is -0.467 e. The molecule has 30 heteroatoms. The summed E-state index contributed by atoms with van der Waals surface area (Å²) in [4.78, 5) is 44.1. The van der Waals surface area contributed by atoms with E-state index in [0.717, 1.165) is 36.4 Å². The van der Waals surface area contributed by atoms with Crippen molar-refractivity contribution in [2.75, 3.05) is 25.5 Å². The van der Waals surface area contributed by atoms with Crippen molar-refractivity contribution in [3.05, 3.63) is 78.1 Å². The molecule has 68 heavy (non-hydrogen) atoms. The van der Waals surface area contributed by atoms with Crippen LogP contribution in [0.1, 0.15) is 0 Å². The van der Waals surface area contributed by atoms with Crippen LogP contribution in [0.5, 0.6) is 6.01 Å². The van der Waals surface area contributed by atoms with Crippen LogP contribution in [0, 0.1) is 0 Å². The first kappa shape index (κ1) is 44.6. The number of ether oxygens (including phenoxy) is 1. The lowest BCUT2D eigenvalue weighted by Crippen LogP contribution is -2.29. The highest BCUT2D eigenvalue weighted by atomic mass is 35.5. The summed E-state index contributed by atoms with van der Waals surface area (Å²) in [7, 11) is -17.2. The summed E-state index contributed by atoms with van der Waals surface area (Å²) in [5.41, 5.74) is 0.515. The Balaban J connectivity index is 1.21. The number of fused-ring (bicyclic) bond motifs is 20. The third-order valence-corrected chi connectivity index (χ3v) is 14.6. The number of halogens is 1. The fraction of sp³-hybridized carbons (Fsp3) is 0.0789. The first-order valence-corrected chi connectivity index (χ1v) is 25.3. The first-order chi connectivity index (χ1) is 32.1. The van der Waals surface area contributed by atoms with E-state index in [1.807, 2.05) is 0 Å². The fourth-order valence-electron chi connectivity index (χ4n) is 7.30. The van der Waals surface area contributed by atoms with Gasteiger partial charge in [-0.2, -0.15) is 40.2 Å². The second-order valence-corrected chi connectivity index (χ2v) is 21.0. The van der Waals surface area contributed by atoms with E-state index >= 15 is 0 Å². The maximum Gasteiger partial charge on any atom is 0.322 e. The summed E-state index contributed by atoms with van der Waals surface area (Å²) in [6.07, 6.45) is 0. The summed E-state index contributed by atoms with van der Waals surface area (Å²) < 4.78 is 139. The van der Waals surface area contributed by atoms with Gasteiger partial charge < -0.3 is 20.0 Å². The summed E-state index contributed by atoms with van der Waals surface area (Å²) in [6.45, 7) is -0.162. The molecule has 2 aliphatic heterocycles. The zero-order chi connectivity index (χ0) is 48.1. The number of sulfonamides is 1. The van der Waals surface area contributed by atoms with Crippen LogP contribution >= 0.6 is 11.6 Å². The Morgan fingerprint density at radius 2 is 0.926 bits per heavy atom. The Hall–Kier alpha value is -7.22. The van der Waals surface area contributed by atoms with Crippen LogP contribution in [0.4, 0.5) is 5.95 Å². The fourth-order valence-corrected chi connectivity index (χ4v) is 10.0. The molecule has 2 aliphatic rings. The van der Waals surface area contributed by atoms with Crippen LogP contribution in [0.25, 0.3) is 89.7 Å². The lowest BCUT2D eigenvalue weighted by molar-refractivity contribution is 0.379. The van der Waals surface area contributed by atoms with E-state index in [1.54, 1.807) is 0 Å². The van der Waals surface area contributed by atoms with Crippen molar-refractivity contribution in [3.8, 4) is 51.6 Å². The van der Waals surface area contributed by atoms with Crippen molar-refractivity contribution in [2.45, 2.75) is 19.6 Å². The molecule has 0 saturated heterocycles. The van der Waals surface area contributed by atoms with Crippen molar-refractivity contribution >= 4 is 102 Å². The lowest BCUT2D eigenvalue weighted by Gasteiger charge is -2.09. The number of aromatic amines is 2. The number of anilines is 1. The largest absolute Gasteiger partial charge is 0.467 e. The Morgan fingerprint density at radius 1 is 0.500 bits per heavy atom. The van der Waals surface area contributed by atoms with Gasteiger partial charge >= 0.3 is 6.01 Å². The van der Waals surface area contributed by atoms with Crippen LogP contribution < -0.4 is 14.8 Å². The molecule has 8 bridgehead atoms. The van der Waals surface area contributed by atoms with Crippen molar-refractivity contribution in [1.82, 2.24) is 59.5 Å². The number of methoxy groups -OCH3 is 1. The molecule has 4 aromatic carbocycles. The molecule has 0 aliphatic carbocycles. The first-order valence-electron chi connectivity index (χ1n) is 19.1. The molecule has 0 spiro atoms. The second-order valence-electron chi connectivity index (χ2n) is 14.6. The number of hydrogen-bond acceptors (Lipinski definition) is 19. The van der Waals surface area contributed by atoms with E-state index in [1.165, 1.54) is 43.5 Å². The van der Waals surface area contributed by atoms with Gasteiger partial charge in [-0.05, 0) is 84.4 Å². The SMILES string of the molecule is COc1nc(Cl)nc(NCCNS(=O)(=O)c2ccc3c(c2)-c2nc-3nc3[nH]c(nc4nc(nc5[nH]c(n2)c2ccc(S(=O)(=O)O)cc52)-c2ccc(S(=O)(=O)O)cc2-4)c2ccc(S(=O)(=O)O)cc32)n1. The topological polar surface area (TPSA) is 378 Å². The molecular weight excluding hydrogens is 994 g/mol. The molecule has 0 amide bonds. The van der Waals surface area contributed by atoms with Gasteiger partial charge in [0.1, 0.15) is 22.6 Å². The summed E-state index contributed by atoms with van der Waals surface area (Å²) >= 11 is 5.91. The summed E-state index contributed by atoms with van der Waals surface area (Å²) in [5, 5.41) is 3.33. The molecule has 7 N–H and O–H groups in total. The zero-order valence-corrected chi connectivity index (χ0v) is 37.9. The van der Waals surface area contributed by atoms with Crippen molar-refractivity contribution in [3.63, 3.8) is 0 Å². The molecular formula is C38H26ClN13O12S4. The number of H-pyrrole nitrogens is 2. The number of nitrogens with zero attached hydrogens (tertiary/aromatic N) is 9. The molecule has 10 rings (SSSR count). The predicted octanol–water partition coefficient (Wildman–Crippen LogP) is 3.85. The highest BCUT2D eigenvalue weighted by Crippen LogP contribution is 2.39. The standard InChI is InChI=1S/C38H26ClN13O12S4/c1-64-38-51-36(39)50-37(52-38)40-10-11-41-65(53,54)16-2-6-20-24(12-16)32-42-28(20)44-33-26-14-18(67(58,59)60)4-8-22(26)30(46-33)48-35-27-15-19(68(61,62)63)5-9-23(27)31(49-35)47-34-25-13-17(66(55,56)57)3-7-21(25)29(43-32)45-34/h2-9,12-15,41H,10-11H2,1H3,(H,55,56,57)(H,58,59,60)(H,61,62,63)(H,40,50,51,52)(H2,42,43,44,45,46,47,48,49). The molecule has 346 valence electrons. The molecule has 0 fully saturated rings. The quantitative estimate of drug-likeness (QED) is 0.0755.